The normalized spacial score (nSPS) is 11.6. The molecule has 0 fully saturated rings. The Morgan fingerprint density at radius 3 is 2.42 bits per heavy atom. The fourth-order valence-electron chi connectivity index (χ4n) is 1.62. The van der Waals surface area contributed by atoms with Crippen LogP contribution in [0.2, 0.25) is 0 Å². The molecule has 2 rings (SSSR count). The van der Waals surface area contributed by atoms with Crippen LogP contribution >= 0.6 is 0 Å². The number of hydrogen-bond donors (Lipinski definition) is 1. The monoisotopic (exact) mass is 271 g/mol. The highest BCUT2D eigenvalue weighted by Crippen LogP contribution is 2.31. The Bertz CT molecular complexity index is 623. The lowest BCUT2D eigenvalue weighted by Crippen LogP contribution is -2.11. The summed E-state index contributed by atoms with van der Waals surface area (Å²) in [5, 5.41) is 0. The Labute approximate surface area is 106 Å². The van der Waals surface area contributed by atoms with Crippen LogP contribution in [0.4, 0.5) is 23.5 Å². The van der Waals surface area contributed by atoms with E-state index in [1.165, 1.54) is 12.1 Å². The van der Waals surface area contributed by atoms with E-state index in [4.69, 9.17) is 5.73 Å². The molecule has 0 atom stereocenters. The van der Waals surface area contributed by atoms with E-state index in [1.807, 2.05) is 0 Å². The second-order valence-electron chi connectivity index (χ2n) is 3.95. The molecule has 0 saturated heterocycles. The molecule has 1 heterocycles. The van der Waals surface area contributed by atoms with Gasteiger partial charge in [0.25, 0.3) is 0 Å². The number of aromatic nitrogens is 2. The van der Waals surface area contributed by atoms with Crippen LogP contribution in [-0.2, 0) is 6.18 Å². The minimum atomic E-state index is -4.63. The van der Waals surface area contributed by atoms with Crippen LogP contribution in [0.15, 0.2) is 24.3 Å². The first-order chi connectivity index (χ1) is 8.77. The third kappa shape index (κ3) is 2.81. The first-order valence-electron chi connectivity index (χ1n) is 5.25. The average Bonchev–Trinajstić information content (AvgIpc) is 2.30. The van der Waals surface area contributed by atoms with Gasteiger partial charge in [-0.05, 0) is 30.7 Å². The van der Waals surface area contributed by atoms with Gasteiger partial charge in [0.2, 0.25) is 5.95 Å². The van der Waals surface area contributed by atoms with Crippen LogP contribution in [0.5, 0.6) is 0 Å². The van der Waals surface area contributed by atoms with Crippen molar-refractivity contribution in [3.63, 3.8) is 0 Å². The molecule has 0 aliphatic rings. The summed E-state index contributed by atoms with van der Waals surface area (Å²) < 4.78 is 51.0. The van der Waals surface area contributed by atoms with Crippen LogP contribution in [-0.4, -0.2) is 9.97 Å². The largest absolute Gasteiger partial charge is 0.433 e. The lowest BCUT2D eigenvalue weighted by molar-refractivity contribution is -0.141. The van der Waals surface area contributed by atoms with Crippen molar-refractivity contribution in [2.75, 3.05) is 5.73 Å². The Morgan fingerprint density at radius 2 is 1.79 bits per heavy atom. The maximum atomic E-state index is 13.2. The van der Waals surface area contributed by atoms with Crippen molar-refractivity contribution in [3.8, 4) is 11.3 Å². The van der Waals surface area contributed by atoms with Gasteiger partial charge in [0.15, 0.2) is 5.69 Å². The van der Waals surface area contributed by atoms with Crippen molar-refractivity contribution in [3.05, 3.63) is 41.3 Å². The van der Waals surface area contributed by atoms with E-state index >= 15 is 0 Å². The maximum absolute atomic E-state index is 13.2. The molecular weight excluding hydrogens is 262 g/mol. The molecule has 0 spiro atoms. The number of hydrogen-bond acceptors (Lipinski definition) is 3. The van der Waals surface area contributed by atoms with Gasteiger partial charge >= 0.3 is 6.18 Å². The molecule has 0 bridgehead atoms. The number of nitrogens with two attached hydrogens (primary N) is 1. The predicted octanol–water partition coefficient (Wildman–Crippen LogP) is 3.19. The zero-order valence-electron chi connectivity index (χ0n) is 9.79. The summed E-state index contributed by atoms with van der Waals surface area (Å²) in [6.07, 6.45) is -4.63. The van der Waals surface area contributed by atoms with E-state index in [0.29, 0.717) is 5.56 Å². The van der Waals surface area contributed by atoms with Crippen LogP contribution in [0.1, 0.15) is 11.3 Å². The van der Waals surface area contributed by atoms with Crippen LogP contribution < -0.4 is 5.73 Å². The number of anilines is 1. The number of nitrogens with zero attached hydrogens (tertiary/aromatic N) is 2. The van der Waals surface area contributed by atoms with Crippen LogP contribution in [0.25, 0.3) is 11.3 Å². The number of halogens is 4. The number of benzene rings is 1. The smallest absolute Gasteiger partial charge is 0.368 e. The predicted molar refractivity (Wildman–Crippen MR) is 61.6 cm³/mol. The molecule has 0 radical (unpaired) electrons. The third-order valence-corrected chi connectivity index (χ3v) is 2.51. The Morgan fingerprint density at radius 1 is 1.11 bits per heavy atom. The number of aryl methyl sites for hydroxylation is 1. The maximum Gasteiger partial charge on any atom is 0.433 e. The summed E-state index contributed by atoms with van der Waals surface area (Å²) in [7, 11) is 0. The second kappa shape index (κ2) is 4.49. The number of rotatable bonds is 1. The van der Waals surface area contributed by atoms with E-state index in [-0.39, 0.29) is 11.3 Å². The van der Waals surface area contributed by atoms with Gasteiger partial charge in [-0.3, -0.25) is 0 Å². The lowest BCUT2D eigenvalue weighted by atomic mass is 10.0. The van der Waals surface area contributed by atoms with Gasteiger partial charge in [-0.15, -0.1) is 0 Å². The van der Waals surface area contributed by atoms with Gasteiger partial charge < -0.3 is 5.73 Å². The molecule has 0 aliphatic carbocycles. The summed E-state index contributed by atoms with van der Waals surface area (Å²) in [6, 6.07) is 4.53. The quantitative estimate of drug-likeness (QED) is 0.810. The van der Waals surface area contributed by atoms with Crippen molar-refractivity contribution < 1.29 is 17.6 Å². The van der Waals surface area contributed by atoms with Crippen molar-refractivity contribution in [2.45, 2.75) is 13.1 Å². The summed E-state index contributed by atoms with van der Waals surface area (Å²) in [5.74, 6) is -1.07. The third-order valence-electron chi connectivity index (χ3n) is 2.51. The Hall–Kier alpha value is -2.18. The topological polar surface area (TPSA) is 51.8 Å². The van der Waals surface area contributed by atoms with E-state index in [2.05, 4.69) is 9.97 Å². The van der Waals surface area contributed by atoms with Gasteiger partial charge in [-0.1, -0.05) is 6.07 Å². The summed E-state index contributed by atoms with van der Waals surface area (Å²) in [5.41, 5.74) is 4.89. The van der Waals surface area contributed by atoms with Gasteiger partial charge in [-0.25, -0.2) is 14.4 Å². The second-order valence-corrected chi connectivity index (χ2v) is 3.95. The standard InChI is InChI=1S/C12H9F4N3/c1-6-2-3-7(13)4-8(6)9-5-10(12(14,15)16)19-11(17)18-9/h2-5H,1H3,(H2,17,18,19). The van der Waals surface area contributed by atoms with Crippen LogP contribution in [0.3, 0.4) is 0 Å². The molecule has 0 aliphatic heterocycles. The summed E-state index contributed by atoms with van der Waals surface area (Å²) in [4.78, 5) is 6.85. The van der Waals surface area contributed by atoms with Crippen molar-refractivity contribution in [1.29, 1.82) is 0 Å². The number of alkyl halides is 3. The molecular formula is C12H9F4N3. The van der Waals surface area contributed by atoms with E-state index in [0.717, 1.165) is 12.1 Å². The van der Waals surface area contributed by atoms with E-state index in [1.54, 1.807) is 6.92 Å². The molecule has 19 heavy (non-hydrogen) atoms. The summed E-state index contributed by atoms with van der Waals surface area (Å²) in [6.45, 7) is 1.64. The highest BCUT2D eigenvalue weighted by atomic mass is 19.4. The molecule has 2 N–H and O–H groups in total. The zero-order valence-corrected chi connectivity index (χ0v) is 9.79. The van der Waals surface area contributed by atoms with Gasteiger partial charge in [-0.2, -0.15) is 13.2 Å². The highest BCUT2D eigenvalue weighted by Gasteiger charge is 2.33. The zero-order chi connectivity index (χ0) is 14.2. The van der Waals surface area contributed by atoms with Crippen molar-refractivity contribution in [1.82, 2.24) is 9.97 Å². The average molecular weight is 271 g/mol. The molecule has 0 unspecified atom stereocenters. The highest BCUT2D eigenvalue weighted by molar-refractivity contribution is 5.64. The van der Waals surface area contributed by atoms with E-state index < -0.39 is 23.6 Å². The summed E-state index contributed by atoms with van der Waals surface area (Å²) >= 11 is 0. The molecule has 0 amide bonds. The van der Waals surface area contributed by atoms with Crippen molar-refractivity contribution in [2.24, 2.45) is 0 Å². The molecule has 7 heteroatoms. The minimum Gasteiger partial charge on any atom is -0.368 e. The molecule has 1 aromatic heterocycles. The number of nitrogen functional groups attached to an aromatic ring is 1. The first-order valence-corrected chi connectivity index (χ1v) is 5.25. The van der Waals surface area contributed by atoms with Gasteiger partial charge in [0, 0.05) is 5.56 Å². The van der Waals surface area contributed by atoms with Gasteiger partial charge in [0.1, 0.15) is 5.82 Å². The molecule has 2 aromatic rings. The fraction of sp³-hybridized carbons (Fsp3) is 0.167. The first kappa shape index (κ1) is 13.3. The Kier molecular flexibility index (Phi) is 3.13. The van der Waals surface area contributed by atoms with Gasteiger partial charge in [0.05, 0.1) is 5.69 Å². The van der Waals surface area contributed by atoms with Crippen molar-refractivity contribution >= 4 is 5.95 Å². The molecule has 0 saturated carbocycles. The molecule has 1 aromatic carbocycles. The SMILES string of the molecule is Cc1ccc(F)cc1-c1cc(C(F)(F)F)nc(N)n1. The molecule has 3 nitrogen and oxygen atoms in total. The Balaban J connectivity index is 2.63. The fourth-order valence-corrected chi connectivity index (χ4v) is 1.62. The minimum absolute atomic E-state index is 0.0585. The lowest BCUT2D eigenvalue weighted by Gasteiger charge is -2.10. The van der Waals surface area contributed by atoms with E-state index in [9.17, 15) is 17.6 Å². The van der Waals surface area contributed by atoms with Crippen LogP contribution in [0, 0.1) is 12.7 Å². The molecule has 100 valence electrons.